The van der Waals surface area contributed by atoms with E-state index in [-0.39, 0.29) is 5.82 Å². The van der Waals surface area contributed by atoms with Gasteiger partial charge in [0, 0.05) is 15.6 Å². The zero-order valence-electron chi connectivity index (χ0n) is 10.9. The highest BCUT2D eigenvalue weighted by Crippen LogP contribution is 2.29. The fourth-order valence-corrected chi connectivity index (χ4v) is 3.01. The molecule has 2 nitrogen and oxygen atoms in total. The average Bonchev–Trinajstić information content (AvgIpc) is 2.90. The Balaban J connectivity index is 1.79. The van der Waals surface area contributed by atoms with Gasteiger partial charge in [0.25, 0.3) is 0 Å². The molecule has 0 unspecified atom stereocenters. The van der Waals surface area contributed by atoms with Crippen LogP contribution in [0.4, 0.5) is 4.39 Å². The Bertz CT molecular complexity index is 719. The van der Waals surface area contributed by atoms with Crippen molar-refractivity contribution in [1.29, 1.82) is 0 Å². The Labute approximate surface area is 120 Å². The van der Waals surface area contributed by atoms with Crippen molar-refractivity contribution in [2.75, 3.05) is 7.11 Å². The van der Waals surface area contributed by atoms with Gasteiger partial charge in [-0.2, -0.15) is 0 Å². The third-order valence-corrected chi connectivity index (χ3v) is 4.07. The van der Waals surface area contributed by atoms with Crippen LogP contribution in [0.1, 0.15) is 5.56 Å². The minimum atomic E-state index is -0.197. The molecule has 0 radical (unpaired) electrons. The van der Waals surface area contributed by atoms with Crippen LogP contribution in [0.2, 0.25) is 0 Å². The first-order valence-corrected chi connectivity index (χ1v) is 7.07. The van der Waals surface area contributed by atoms with Crippen molar-refractivity contribution in [3.63, 3.8) is 0 Å². The van der Waals surface area contributed by atoms with E-state index in [1.54, 1.807) is 13.2 Å². The molecule has 0 saturated heterocycles. The van der Waals surface area contributed by atoms with E-state index in [1.165, 1.54) is 17.4 Å². The monoisotopic (exact) mass is 288 g/mol. The molecule has 0 atom stereocenters. The molecule has 0 aliphatic carbocycles. The fraction of sp³-hybridized carbons (Fsp3) is 0.125. The van der Waals surface area contributed by atoms with E-state index < -0.39 is 0 Å². The standard InChI is InChI=1S/C16H13FO2S/c1-18-12-5-7-13(8-6-12)19-9-11-10-20-15-4-2-3-14(17)16(11)15/h2-8,10H,9H2,1H3. The number of rotatable bonds is 4. The van der Waals surface area contributed by atoms with Crippen LogP contribution in [0, 0.1) is 5.82 Å². The molecule has 20 heavy (non-hydrogen) atoms. The van der Waals surface area contributed by atoms with E-state index in [2.05, 4.69) is 0 Å². The van der Waals surface area contributed by atoms with Crippen LogP contribution in [-0.4, -0.2) is 7.11 Å². The third-order valence-electron chi connectivity index (χ3n) is 3.08. The first-order valence-electron chi connectivity index (χ1n) is 6.19. The number of hydrogen-bond acceptors (Lipinski definition) is 3. The number of ether oxygens (including phenoxy) is 2. The summed E-state index contributed by atoms with van der Waals surface area (Å²) in [6.07, 6.45) is 0. The second-order valence-electron chi connectivity index (χ2n) is 4.34. The molecular weight excluding hydrogens is 275 g/mol. The van der Waals surface area contributed by atoms with Crippen LogP contribution in [-0.2, 0) is 6.61 Å². The van der Waals surface area contributed by atoms with Gasteiger partial charge in [-0.15, -0.1) is 11.3 Å². The number of hydrogen-bond donors (Lipinski definition) is 0. The molecule has 0 fully saturated rings. The van der Waals surface area contributed by atoms with Gasteiger partial charge in [-0.05, 0) is 41.8 Å². The predicted octanol–water partition coefficient (Wildman–Crippen LogP) is 4.63. The van der Waals surface area contributed by atoms with Crippen LogP contribution in [0.25, 0.3) is 10.1 Å². The maximum absolute atomic E-state index is 13.8. The summed E-state index contributed by atoms with van der Waals surface area (Å²) >= 11 is 1.53. The van der Waals surface area contributed by atoms with Crippen molar-refractivity contribution >= 4 is 21.4 Å². The minimum Gasteiger partial charge on any atom is -0.497 e. The van der Waals surface area contributed by atoms with Gasteiger partial charge in [-0.3, -0.25) is 0 Å². The lowest BCUT2D eigenvalue weighted by molar-refractivity contribution is 0.307. The number of thiophene rings is 1. The van der Waals surface area contributed by atoms with Crippen molar-refractivity contribution < 1.29 is 13.9 Å². The van der Waals surface area contributed by atoms with E-state index in [9.17, 15) is 4.39 Å². The molecule has 0 N–H and O–H groups in total. The molecule has 0 saturated carbocycles. The van der Waals surface area contributed by atoms with Gasteiger partial charge in [-0.25, -0.2) is 4.39 Å². The van der Waals surface area contributed by atoms with Crippen molar-refractivity contribution in [3.05, 3.63) is 59.2 Å². The van der Waals surface area contributed by atoms with Crippen LogP contribution in [0.15, 0.2) is 47.8 Å². The van der Waals surface area contributed by atoms with E-state index in [1.807, 2.05) is 35.7 Å². The Kier molecular flexibility index (Phi) is 3.56. The molecule has 0 amide bonds. The molecule has 1 heterocycles. The van der Waals surface area contributed by atoms with Gasteiger partial charge in [0.05, 0.1) is 7.11 Å². The molecule has 1 aromatic heterocycles. The van der Waals surface area contributed by atoms with E-state index >= 15 is 0 Å². The summed E-state index contributed by atoms with van der Waals surface area (Å²) in [6, 6.07) is 12.5. The summed E-state index contributed by atoms with van der Waals surface area (Å²) in [5.41, 5.74) is 0.874. The van der Waals surface area contributed by atoms with Crippen molar-refractivity contribution in [1.82, 2.24) is 0 Å². The maximum Gasteiger partial charge on any atom is 0.132 e. The number of halogens is 1. The predicted molar refractivity (Wildman–Crippen MR) is 79.1 cm³/mol. The summed E-state index contributed by atoms with van der Waals surface area (Å²) in [5, 5.41) is 2.60. The number of methoxy groups -OCH3 is 1. The van der Waals surface area contributed by atoms with Crippen LogP contribution in [0.3, 0.4) is 0 Å². The topological polar surface area (TPSA) is 18.5 Å². The van der Waals surface area contributed by atoms with Gasteiger partial charge in [0.1, 0.15) is 23.9 Å². The Morgan fingerprint density at radius 3 is 2.55 bits per heavy atom. The Hall–Kier alpha value is -2.07. The second-order valence-corrected chi connectivity index (χ2v) is 5.25. The summed E-state index contributed by atoms with van der Waals surface area (Å²) in [7, 11) is 1.62. The number of fused-ring (bicyclic) bond motifs is 1. The van der Waals surface area contributed by atoms with E-state index in [0.29, 0.717) is 12.0 Å². The van der Waals surface area contributed by atoms with Crippen LogP contribution >= 0.6 is 11.3 Å². The molecule has 3 aromatic rings. The average molecular weight is 288 g/mol. The smallest absolute Gasteiger partial charge is 0.132 e. The van der Waals surface area contributed by atoms with Crippen LogP contribution in [0.5, 0.6) is 11.5 Å². The van der Waals surface area contributed by atoms with Gasteiger partial charge in [0.2, 0.25) is 0 Å². The van der Waals surface area contributed by atoms with Crippen molar-refractivity contribution in [2.45, 2.75) is 6.61 Å². The SMILES string of the molecule is COc1ccc(OCc2csc3cccc(F)c23)cc1. The van der Waals surface area contributed by atoms with Crippen molar-refractivity contribution in [2.24, 2.45) is 0 Å². The Morgan fingerprint density at radius 2 is 1.80 bits per heavy atom. The molecule has 0 bridgehead atoms. The third kappa shape index (κ3) is 2.47. The molecule has 0 spiro atoms. The molecule has 3 rings (SSSR count). The zero-order valence-corrected chi connectivity index (χ0v) is 11.7. The largest absolute Gasteiger partial charge is 0.497 e. The quantitative estimate of drug-likeness (QED) is 0.697. The van der Waals surface area contributed by atoms with E-state index in [4.69, 9.17) is 9.47 Å². The summed E-state index contributed by atoms with van der Waals surface area (Å²) < 4.78 is 25.6. The molecule has 0 aliphatic heterocycles. The second kappa shape index (κ2) is 5.51. The number of benzene rings is 2. The highest BCUT2D eigenvalue weighted by Gasteiger charge is 2.09. The van der Waals surface area contributed by atoms with Gasteiger partial charge < -0.3 is 9.47 Å². The van der Waals surface area contributed by atoms with E-state index in [0.717, 1.165) is 21.8 Å². The highest BCUT2D eigenvalue weighted by atomic mass is 32.1. The normalized spacial score (nSPS) is 10.7. The maximum atomic E-state index is 13.8. The van der Waals surface area contributed by atoms with Gasteiger partial charge in [-0.1, -0.05) is 6.07 Å². The highest BCUT2D eigenvalue weighted by molar-refractivity contribution is 7.17. The first kappa shape index (κ1) is 12.9. The summed E-state index contributed by atoms with van der Waals surface area (Å²) in [4.78, 5) is 0. The van der Waals surface area contributed by atoms with Gasteiger partial charge in [0.15, 0.2) is 0 Å². The lowest BCUT2D eigenvalue weighted by Crippen LogP contribution is -1.95. The lowest BCUT2D eigenvalue weighted by Gasteiger charge is -2.06. The molecule has 2 aromatic carbocycles. The summed E-state index contributed by atoms with van der Waals surface area (Å²) in [5.74, 6) is 1.32. The minimum absolute atomic E-state index is 0.197. The molecular formula is C16H13FO2S. The zero-order chi connectivity index (χ0) is 13.9. The molecule has 0 aliphatic rings. The van der Waals surface area contributed by atoms with Crippen LogP contribution < -0.4 is 9.47 Å². The summed E-state index contributed by atoms with van der Waals surface area (Å²) in [6.45, 7) is 0.354. The molecule has 4 heteroatoms. The Morgan fingerprint density at radius 1 is 1.05 bits per heavy atom. The fourth-order valence-electron chi connectivity index (χ4n) is 2.05. The lowest BCUT2D eigenvalue weighted by atomic mass is 10.2. The molecule has 102 valence electrons. The van der Waals surface area contributed by atoms with Crippen molar-refractivity contribution in [3.8, 4) is 11.5 Å². The first-order chi connectivity index (χ1) is 9.78. The van der Waals surface area contributed by atoms with Gasteiger partial charge >= 0.3 is 0 Å².